The fourth-order valence-electron chi connectivity index (χ4n) is 2.44. The van der Waals surface area contributed by atoms with E-state index in [9.17, 15) is 14.4 Å². The van der Waals surface area contributed by atoms with Crippen molar-refractivity contribution in [1.29, 1.82) is 0 Å². The molecule has 0 saturated heterocycles. The van der Waals surface area contributed by atoms with E-state index in [0.717, 1.165) is 19.3 Å². The van der Waals surface area contributed by atoms with Gasteiger partial charge in [-0.1, -0.05) is 13.8 Å². The molecule has 20 heavy (non-hydrogen) atoms. The molecule has 4 N–H and O–H groups in total. The molecule has 1 rings (SSSR count). The highest BCUT2D eigenvalue weighted by atomic mass is 16.4. The van der Waals surface area contributed by atoms with Gasteiger partial charge in [-0.05, 0) is 31.1 Å². The van der Waals surface area contributed by atoms with Gasteiger partial charge >= 0.3 is 18.0 Å². The van der Waals surface area contributed by atoms with E-state index < -0.39 is 30.4 Å². The van der Waals surface area contributed by atoms with Crippen molar-refractivity contribution in [2.75, 3.05) is 0 Å². The first kappa shape index (κ1) is 16.3. The smallest absolute Gasteiger partial charge is 0.326 e. The number of rotatable bonds is 5. The van der Waals surface area contributed by atoms with Crippen molar-refractivity contribution >= 4 is 18.0 Å². The number of aliphatic carboxylic acids is 2. The number of carboxylic acid groups (broad SMARTS) is 2. The summed E-state index contributed by atoms with van der Waals surface area (Å²) in [5.41, 5.74) is 0. The van der Waals surface area contributed by atoms with Gasteiger partial charge in [-0.3, -0.25) is 4.79 Å². The molecule has 0 bridgehead atoms. The molecule has 114 valence electrons. The van der Waals surface area contributed by atoms with Crippen molar-refractivity contribution in [2.24, 2.45) is 11.8 Å². The van der Waals surface area contributed by atoms with E-state index in [1.54, 1.807) is 0 Å². The van der Waals surface area contributed by atoms with Gasteiger partial charge in [0.1, 0.15) is 6.04 Å². The summed E-state index contributed by atoms with van der Waals surface area (Å²) in [5, 5.41) is 22.4. The number of nitrogens with one attached hydrogen (secondary N) is 2. The number of urea groups is 1. The first-order valence-corrected chi connectivity index (χ1v) is 6.81. The standard InChI is InChI=1S/C13H22N2O5/c1-7-3-4-9(5-8(7)2)14-13(20)15-10(12(18)19)6-11(16)17/h7-10H,3-6H2,1-2H3,(H,16,17)(H,18,19)(H2,14,15,20)/t7?,8?,9?,10-/m1/s1. The molecule has 0 aliphatic heterocycles. The van der Waals surface area contributed by atoms with Crippen LogP contribution in [0, 0.1) is 11.8 Å². The maximum Gasteiger partial charge on any atom is 0.326 e. The SMILES string of the molecule is CC1CCC(NC(=O)N[C@H](CC(=O)O)C(=O)O)CC1C. The number of carboxylic acids is 2. The van der Waals surface area contributed by atoms with Crippen molar-refractivity contribution in [1.82, 2.24) is 10.6 Å². The van der Waals surface area contributed by atoms with E-state index in [1.165, 1.54) is 0 Å². The average molecular weight is 286 g/mol. The highest BCUT2D eigenvalue weighted by Gasteiger charge is 2.27. The lowest BCUT2D eigenvalue weighted by molar-refractivity contribution is -0.145. The Bertz CT molecular complexity index is 385. The van der Waals surface area contributed by atoms with Gasteiger partial charge in [0.2, 0.25) is 0 Å². The van der Waals surface area contributed by atoms with Gasteiger partial charge in [0.15, 0.2) is 0 Å². The molecule has 0 aromatic rings. The van der Waals surface area contributed by atoms with Gasteiger partial charge in [0.05, 0.1) is 6.42 Å². The predicted octanol–water partition coefficient (Wildman–Crippen LogP) is 1.04. The van der Waals surface area contributed by atoms with Crippen molar-refractivity contribution in [3.8, 4) is 0 Å². The van der Waals surface area contributed by atoms with Gasteiger partial charge in [-0.15, -0.1) is 0 Å². The van der Waals surface area contributed by atoms with E-state index in [2.05, 4.69) is 24.5 Å². The number of hydrogen-bond donors (Lipinski definition) is 4. The summed E-state index contributed by atoms with van der Waals surface area (Å²) in [7, 11) is 0. The van der Waals surface area contributed by atoms with Crippen LogP contribution in [0.5, 0.6) is 0 Å². The summed E-state index contributed by atoms with van der Waals surface area (Å²) < 4.78 is 0. The third kappa shape index (κ3) is 5.07. The molecule has 0 spiro atoms. The quantitative estimate of drug-likeness (QED) is 0.602. The van der Waals surface area contributed by atoms with E-state index in [1.807, 2.05) is 0 Å². The fourth-order valence-corrected chi connectivity index (χ4v) is 2.44. The predicted molar refractivity (Wildman–Crippen MR) is 71.3 cm³/mol. The van der Waals surface area contributed by atoms with Crippen LogP contribution in [0.2, 0.25) is 0 Å². The Hall–Kier alpha value is -1.79. The van der Waals surface area contributed by atoms with Gasteiger partial charge in [-0.2, -0.15) is 0 Å². The second-order valence-corrected chi connectivity index (χ2v) is 5.57. The molecule has 1 aliphatic rings. The molecule has 0 radical (unpaired) electrons. The van der Waals surface area contributed by atoms with Crippen LogP contribution >= 0.6 is 0 Å². The normalized spacial score (nSPS) is 27.4. The van der Waals surface area contributed by atoms with Crippen LogP contribution in [0.15, 0.2) is 0 Å². The Morgan fingerprint density at radius 2 is 1.80 bits per heavy atom. The van der Waals surface area contributed by atoms with E-state index in [-0.39, 0.29) is 6.04 Å². The minimum Gasteiger partial charge on any atom is -0.481 e. The minimum atomic E-state index is -1.41. The second kappa shape index (κ2) is 7.12. The van der Waals surface area contributed by atoms with Crippen LogP contribution in [0.3, 0.4) is 0 Å². The summed E-state index contributed by atoms with van der Waals surface area (Å²) in [5.74, 6) is -1.50. The largest absolute Gasteiger partial charge is 0.481 e. The molecule has 7 nitrogen and oxygen atoms in total. The molecule has 1 aliphatic carbocycles. The molecule has 1 saturated carbocycles. The van der Waals surface area contributed by atoms with Crippen LogP contribution < -0.4 is 10.6 Å². The first-order chi connectivity index (χ1) is 9.29. The third-order valence-corrected chi connectivity index (χ3v) is 3.92. The summed E-state index contributed by atoms with van der Waals surface area (Å²) in [6.07, 6.45) is 2.09. The van der Waals surface area contributed by atoms with Crippen LogP contribution in [-0.4, -0.2) is 40.3 Å². The van der Waals surface area contributed by atoms with E-state index in [4.69, 9.17) is 10.2 Å². The van der Waals surface area contributed by atoms with Gasteiger partial charge in [0, 0.05) is 6.04 Å². The fraction of sp³-hybridized carbons (Fsp3) is 0.769. The lowest BCUT2D eigenvalue weighted by atomic mass is 9.79. The average Bonchev–Trinajstić information content (AvgIpc) is 2.32. The van der Waals surface area contributed by atoms with Crippen molar-refractivity contribution < 1.29 is 24.6 Å². The second-order valence-electron chi connectivity index (χ2n) is 5.57. The lowest BCUT2D eigenvalue weighted by Gasteiger charge is -2.32. The Kier molecular flexibility index (Phi) is 5.79. The highest BCUT2D eigenvalue weighted by molar-refractivity contribution is 5.86. The van der Waals surface area contributed by atoms with Gasteiger partial charge in [-0.25, -0.2) is 9.59 Å². The molecule has 2 amide bonds. The number of hydrogen-bond acceptors (Lipinski definition) is 3. The Balaban J connectivity index is 2.45. The van der Waals surface area contributed by atoms with Gasteiger partial charge < -0.3 is 20.8 Å². The Morgan fingerprint density at radius 3 is 2.30 bits per heavy atom. The monoisotopic (exact) mass is 286 g/mol. The lowest BCUT2D eigenvalue weighted by Crippen LogP contribution is -2.50. The first-order valence-electron chi connectivity index (χ1n) is 6.81. The maximum absolute atomic E-state index is 11.7. The molecular formula is C13H22N2O5. The van der Waals surface area contributed by atoms with Crippen LogP contribution in [0.4, 0.5) is 4.79 Å². The molecule has 0 aromatic carbocycles. The number of amides is 2. The number of carbonyl (C=O) groups excluding carboxylic acids is 1. The zero-order valence-corrected chi connectivity index (χ0v) is 11.8. The zero-order chi connectivity index (χ0) is 15.3. The number of carbonyl (C=O) groups is 3. The van der Waals surface area contributed by atoms with E-state index in [0.29, 0.717) is 11.8 Å². The molecule has 1 fully saturated rings. The molecule has 3 unspecified atom stereocenters. The summed E-state index contributed by atoms with van der Waals surface area (Å²) in [6.45, 7) is 4.30. The molecule has 7 heteroatoms. The topological polar surface area (TPSA) is 116 Å². The summed E-state index contributed by atoms with van der Waals surface area (Å²) >= 11 is 0. The van der Waals surface area contributed by atoms with Crippen LogP contribution in [0.1, 0.15) is 39.5 Å². The molecule has 4 atom stereocenters. The van der Waals surface area contributed by atoms with Crippen LogP contribution in [-0.2, 0) is 9.59 Å². The maximum atomic E-state index is 11.7. The van der Waals surface area contributed by atoms with Crippen molar-refractivity contribution in [3.05, 3.63) is 0 Å². The molecule has 0 aromatic heterocycles. The van der Waals surface area contributed by atoms with E-state index >= 15 is 0 Å². The molecular weight excluding hydrogens is 264 g/mol. The minimum absolute atomic E-state index is 0.0143. The van der Waals surface area contributed by atoms with Gasteiger partial charge in [0.25, 0.3) is 0 Å². The molecule has 0 heterocycles. The highest BCUT2D eigenvalue weighted by Crippen LogP contribution is 2.29. The van der Waals surface area contributed by atoms with Crippen molar-refractivity contribution in [2.45, 2.75) is 51.6 Å². The van der Waals surface area contributed by atoms with Crippen LogP contribution in [0.25, 0.3) is 0 Å². The summed E-state index contributed by atoms with van der Waals surface area (Å²) in [6, 6.07) is -2.02. The summed E-state index contributed by atoms with van der Waals surface area (Å²) in [4.78, 5) is 33.1. The zero-order valence-electron chi connectivity index (χ0n) is 11.8. The van der Waals surface area contributed by atoms with Crippen molar-refractivity contribution in [3.63, 3.8) is 0 Å². The Morgan fingerprint density at radius 1 is 1.15 bits per heavy atom. The Labute approximate surface area is 117 Å². The third-order valence-electron chi connectivity index (χ3n) is 3.92.